The first-order valence-electron chi connectivity index (χ1n) is 7.14. The standard InChI is InChI=1S/C14H29ClO3/c1-3-4-5-6-7-8-9-17-11-13(2)18-12-14(16)10-15/h13-14,16H,3-12H2,1-2H3. The highest BCUT2D eigenvalue weighted by atomic mass is 35.5. The Balaban J connectivity index is 3.17. The molecule has 0 amide bonds. The molecule has 18 heavy (non-hydrogen) atoms. The summed E-state index contributed by atoms with van der Waals surface area (Å²) in [7, 11) is 0. The largest absolute Gasteiger partial charge is 0.389 e. The maximum Gasteiger partial charge on any atom is 0.0908 e. The molecular formula is C14H29ClO3. The van der Waals surface area contributed by atoms with Crippen LogP contribution in [-0.2, 0) is 9.47 Å². The van der Waals surface area contributed by atoms with Crippen molar-refractivity contribution in [3.8, 4) is 0 Å². The SMILES string of the molecule is CCCCCCCCOCC(C)OCC(O)CCl. The lowest BCUT2D eigenvalue weighted by Crippen LogP contribution is -2.24. The smallest absolute Gasteiger partial charge is 0.0908 e. The fourth-order valence-electron chi connectivity index (χ4n) is 1.60. The molecule has 0 heterocycles. The zero-order valence-corrected chi connectivity index (χ0v) is 12.6. The highest BCUT2D eigenvalue weighted by molar-refractivity contribution is 6.18. The Morgan fingerprint density at radius 3 is 2.39 bits per heavy atom. The van der Waals surface area contributed by atoms with Gasteiger partial charge < -0.3 is 14.6 Å². The van der Waals surface area contributed by atoms with E-state index in [9.17, 15) is 5.11 Å². The molecule has 0 spiro atoms. The van der Waals surface area contributed by atoms with Gasteiger partial charge in [-0.15, -0.1) is 11.6 Å². The predicted octanol–water partition coefficient (Wildman–Crippen LogP) is 3.37. The van der Waals surface area contributed by atoms with Crippen LogP contribution in [0.4, 0.5) is 0 Å². The Hall–Kier alpha value is 0.170. The first-order chi connectivity index (χ1) is 8.70. The van der Waals surface area contributed by atoms with E-state index in [1.165, 1.54) is 32.1 Å². The van der Waals surface area contributed by atoms with Gasteiger partial charge in [0.05, 0.1) is 31.3 Å². The van der Waals surface area contributed by atoms with Gasteiger partial charge in [-0.3, -0.25) is 0 Å². The second kappa shape index (κ2) is 13.6. The van der Waals surface area contributed by atoms with Gasteiger partial charge in [-0.2, -0.15) is 0 Å². The average molecular weight is 281 g/mol. The first-order valence-corrected chi connectivity index (χ1v) is 7.67. The minimum Gasteiger partial charge on any atom is -0.389 e. The number of unbranched alkanes of at least 4 members (excludes halogenated alkanes) is 5. The van der Waals surface area contributed by atoms with E-state index in [0.29, 0.717) is 6.61 Å². The molecule has 0 saturated heterocycles. The van der Waals surface area contributed by atoms with Crippen molar-refractivity contribution in [2.75, 3.05) is 25.7 Å². The number of halogens is 1. The summed E-state index contributed by atoms with van der Waals surface area (Å²) in [5, 5.41) is 9.22. The van der Waals surface area contributed by atoms with Gasteiger partial charge in [-0.1, -0.05) is 39.0 Å². The quantitative estimate of drug-likeness (QED) is 0.415. The van der Waals surface area contributed by atoms with Crippen molar-refractivity contribution in [3.63, 3.8) is 0 Å². The van der Waals surface area contributed by atoms with E-state index in [1.54, 1.807) is 0 Å². The molecule has 0 radical (unpaired) electrons. The summed E-state index contributed by atoms with van der Waals surface area (Å²) in [5.41, 5.74) is 0. The van der Waals surface area contributed by atoms with E-state index in [-0.39, 0.29) is 18.6 Å². The Bertz CT molecular complexity index is 167. The van der Waals surface area contributed by atoms with Gasteiger partial charge in [0.15, 0.2) is 0 Å². The van der Waals surface area contributed by atoms with Crippen molar-refractivity contribution < 1.29 is 14.6 Å². The Morgan fingerprint density at radius 2 is 1.72 bits per heavy atom. The fraction of sp³-hybridized carbons (Fsp3) is 1.00. The lowest BCUT2D eigenvalue weighted by molar-refractivity contribution is -0.0361. The molecule has 1 N–H and O–H groups in total. The molecule has 0 bridgehead atoms. The third kappa shape index (κ3) is 12.6. The van der Waals surface area contributed by atoms with Crippen molar-refractivity contribution in [2.45, 2.75) is 64.6 Å². The van der Waals surface area contributed by atoms with Crippen LogP contribution in [0.1, 0.15) is 52.4 Å². The third-order valence-electron chi connectivity index (χ3n) is 2.75. The van der Waals surface area contributed by atoms with Gasteiger partial charge in [0.25, 0.3) is 0 Å². The zero-order chi connectivity index (χ0) is 13.6. The molecule has 110 valence electrons. The fourth-order valence-corrected chi connectivity index (χ4v) is 1.69. The minimum atomic E-state index is -0.576. The van der Waals surface area contributed by atoms with Crippen LogP contribution >= 0.6 is 11.6 Å². The second-order valence-electron chi connectivity index (χ2n) is 4.79. The maximum absolute atomic E-state index is 9.22. The van der Waals surface area contributed by atoms with Crippen molar-refractivity contribution in [1.29, 1.82) is 0 Å². The van der Waals surface area contributed by atoms with Crippen molar-refractivity contribution >= 4 is 11.6 Å². The van der Waals surface area contributed by atoms with Gasteiger partial charge >= 0.3 is 0 Å². The molecule has 2 atom stereocenters. The van der Waals surface area contributed by atoms with Crippen molar-refractivity contribution in [1.82, 2.24) is 0 Å². The summed E-state index contributed by atoms with van der Waals surface area (Å²) >= 11 is 5.47. The first kappa shape index (κ1) is 18.2. The van der Waals surface area contributed by atoms with Gasteiger partial charge in [0, 0.05) is 6.61 Å². The topological polar surface area (TPSA) is 38.7 Å². The van der Waals surface area contributed by atoms with Crippen LogP contribution in [0.2, 0.25) is 0 Å². The van der Waals surface area contributed by atoms with E-state index < -0.39 is 6.10 Å². The van der Waals surface area contributed by atoms with Crippen LogP contribution in [0.15, 0.2) is 0 Å². The summed E-state index contributed by atoms with van der Waals surface area (Å²) in [6, 6.07) is 0. The van der Waals surface area contributed by atoms with Gasteiger partial charge in [-0.25, -0.2) is 0 Å². The van der Waals surface area contributed by atoms with Gasteiger partial charge in [-0.05, 0) is 13.3 Å². The molecule has 0 aliphatic heterocycles. The van der Waals surface area contributed by atoms with Crippen LogP contribution in [0.5, 0.6) is 0 Å². The summed E-state index contributed by atoms with van der Waals surface area (Å²) in [5.74, 6) is 0.214. The zero-order valence-electron chi connectivity index (χ0n) is 11.9. The average Bonchev–Trinajstić information content (AvgIpc) is 2.39. The summed E-state index contributed by atoms with van der Waals surface area (Å²) in [6.45, 7) is 5.85. The number of rotatable bonds is 13. The van der Waals surface area contributed by atoms with Crippen molar-refractivity contribution in [2.24, 2.45) is 0 Å². The number of alkyl halides is 1. The van der Waals surface area contributed by atoms with Crippen LogP contribution in [0, 0.1) is 0 Å². The number of ether oxygens (including phenoxy) is 2. The number of aliphatic hydroxyl groups excluding tert-OH is 1. The molecule has 0 fully saturated rings. The maximum atomic E-state index is 9.22. The van der Waals surface area contributed by atoms with Crippen LogP contribution < -0.4 is 0 Å². The van der Waals surface area contributed by atoms with E-state index >= 15 is 0 Å². The highest BCUT2D eigenvalue weighted by Crippen LogP contribution is 2.05. The van der Waals surface area contributed by atoms with Crippen molar-refractivity contribution in [3.05, 3.63) is 0 Å². The number of hydrogen-bond donors (Lipinski definition) is 1. The monoisotopic (exact) mass is 280 g/mol. The van der Waals surface area contributed by atoms with Crippen LogP contribution in [0.3, 0.4) is 0 Å². The molecule has 3 nitrogen and oxygen atoms in total. The summed E-state index contributed by atoms with van der Waals surface area (Å²) in [4.78, 5) is 0. The number of hydrogen-bond acceptors (Lipinski definition) is 3. The summed E-state index contributed by atoms with van der Waals surface area (Å²) in [6.07, 6.45) is 7.10. The second-order valence-corrected chi connectivity index (χ2v) is 5.10. The predicted molar refractivity (Wildman–Crippen MR) is 76.3 cm³/mol. The van der Waals surface area contributed by atoms with Gasteiger partial charge in [0.2, 0.25) is 0 Å². The third-order valence-corrected chi connectivity index (χ3v) is 3.10. The normalized spacial score (nSPS) is 14.7. The molecule has 0 aliphatic rings. The van der Waals surface area contributed by atoms with E-state index in [2.05, 4.69) is 6.92 Å². The highest BCUT2D eigenvalue weighted by Gasteiger charge is 2.06. The van der Waals surface area contributed by atoms with Crippen LogP contribution in [0.25, 0.3) is 0 Å². The molecule has 0 aliphatic carbocycles. The van der Waals surface area contributed by atoms with E-state index in [0.717, 1.165) is 13.0 Å². The molecular weight excluding hydrogens is 252 g/mol. The van der Waals surface area contributed by atoms with Gasteiger partial charge in [0.1, 0.15) is 0 Å². The molecule has 4 heteroatoms. The molecule has 0 aromatic rings. The molecule has 0 aromatic heterocycles. The Morgan fingerprint density at radius 1 is 1.06 bits per heavy atom. The Kier molecular flexibility index (Phi) is 13.7. The molecule has 2 unspecified atom stereocenters. The lowest BCUT2D eigenvalue weighted by Gasteiger charge is -2.15. The summed E-state index contributed by atoms with van der Waals surface area (Å²) < 4.78 is 10.9. The molecule has 0 aromatic carbocycles. The number of aliphatic hydroxyl groups is 1. The lowest BCUT2D eigenvalue weighted by atomic mass is 10.1. The molecule has 0 rings (SSSR count). The van der Waals surface area contributed by atoms with Crippen LogP contribution in [-0.4, -0.2) is 43.0 Å². The molecule has 0 saturated carbocycles. The minimum absolute atomic E-state index is 0.0166. The Labute approximate surface area is 117 Å². The van der Waals surface area contributed by atoms with E-state index in [4.69, 9.17) is 21.1 Å². The van der Waals surface area contributed by atoms with E-state index in [1.807, 2.05) is 6.92 Å².